The first-order valence-electron chi connectivity index (χ1n) is 7.68. The van der Waals surface area contributed by atoms with Crippen LogP contribution in [0, 0.1) is 11.8 Å². The standard InChI is InChI=1S/C15H28N2O/c1-12(2)5-6-15(18)17-10-7-13(8-11-17)14-4-3-9-16-14/h12-14,16H,3-11H2,1-2H3. The Labute approximate surface area is 111 Å². The molecule has 1 unspecified atom stereocenters. The smallest absolute Gasteiger partial charge is 0.222 e. The minimum Gasteiger partial charge on any atom is -0.343 e. The summed E-state index contributed by atoms with van der Waals surface area (Å²) >= 11 is 0. The highest BCUT2D eigenvalue weighted by molar-refractivity contribution is 5.76. The van der Waals surface area contributed by atoms with Crippen LogP contribution in [-0.2, 0) is 4.79 Å². The summed E-state index contributed by atoms with van der Waals surface area (Å²) in [6, 6.07) is 0.734. The normalized spacial score (nSPS) is 25.9. The monoisotopic (exact) mass is 252 g/mol. The summed E-state index contributed by atoms with van der Waals surface area (Å²) in [6.45, 7) is 7.54. The van der Waals surface area contributed by atoms with Crippen molar-refractivity contribution in [3.63, 3.8) is 0 Å². The third kappa shape index (κ3) is 3.71. The average molecular weight is 252 g/mol. The van der Waals surface area contributed by atoms with Crippen molar-refractivity contribution in [2.75, 3.05) is 19.6 Å². The van der Waals surface area contributed by atoms with Crippen molar-refractivity contribution in [3.05, 3.63) is 0 Å². The van der Waals surface area contributed by atoms with E-state index < -0.39 is 0 Å². The Hall–Kier alpha value is -0.570. The third-order valence-electron chi connectivity index (χ3n) is 4.50. The van der Waals surface area contributed by atoms with Gasteiger partial charge in [0.1, 0.15) is 0 Å². The van der Waals surface area contributed by atoms with Crippen LogP contribution < -0.4 is 5.32 Å². The Morgan fingerprint density at radius 3 is 2.56 bits per heavy atom. The van der Waals surface area contributed by atoms with Gasteiger partial charge in [0.15, 0.2) is 0 Å². The lowest BCUT2D eigenvalue weighted by Crippen LogP contribution is -2.43. The summed E-state index contributed by atoms with van der Waals surface area (Å²) in [7, 11) is 0. The van der Waals surface area contributed by atoms with Crippen LogP contribution in [0.5, 0.6) is 0 Å². The fraction of sp³-hybridized carbons (Fsp3) is 0.933. The van der Waals surface area contributed by atoms with Crippen LogP contribution in [-0.4, -0.2) is 36.5 Å². The van der Waals surface area contributed by atoms with Gasteiger partial charge in [-0.1, -0.05) is 13.8 Å². The van der Waals surface area contributed by atoms with Crippen LogP contribution in [0.1, 0.15) is 52.4 Å². The van der Waals surface area contributed by atoms with Crippen molar-refractivity contribution in [1.82, 2.24) is 10.2 Å². The first-order valence-corrected chi connectivity index (χ1v) is 7.68. The van der Waals surface area contributed by atoms with E-state index in [2.05, 4.69) is 24.1 Å². The van der Waals surface area contributed by atoms with Gasteiger partial charge in [-0.25, -0.2) is 0 Å². The van der Waals surface area contributed by atoms with E-state index in [0.717, 1.165) is 37.9 Å². The number of hydrogen-bond donors (Lipinski definition) is 1. The predicted molar refractivity (Wildman–Crippen MR) is 74.4 cm³/mol. The predicted octanol–water partition coefficient (Wildman–Crippen LogP) is 2.41. The molecule has 0 aromatic rings. The Balaban J connectivity index is 1.70. The SMILES string of the molecule is CC(C)CCC(=O)N1CCC(C2CCCN2)CC1. The molecular formula is C15H28N2O. The maximum atomic E-state index is 12.0. The van der Waals surface area contributed by atoms with Crippen LogP contribution in [0.15, 0.2) is 0 Å². The van der Waals surface area contributed by atoms with Crippen LogP contribution in [0.2, 0.25) is 0 Å². The molecule has 0 spiro atoms. The molecule has 18 heavy (non-hydrogen) atoms. The zero-order valence-corrected chi connectivity index (χ0v) is 12.0. The summed E-state index contributed by atoms with van der Waals surface area (Å²) in [6.07, 6.45) is 6.84. The number of rotatable bonds is 4. The average Bonchev–Trinajstić information content (AvgIpc) is 2.90. The van der Waals surface area contributed by atoms with Crippen molar-refractivity contribution < 1.29 is 4.79 Å². The number of amides is 1. The molecule has 1 atom stereocenters. The lowest BCUT2D eigenvalue weighted by Gasteiger charge is -2.35. The summed E-state index contributed by atoms with van der Waals surface area (Å²) in [5.74, 6) is 1.82. The molecule has 3 nitrogen and oxygen atoms in total. The lowest BCUT2D eigenvalue weighted by atomic mass is 9.88. The molecule has 0 radical (unpaired) electrons. The largest absolute Gasteiger partial charge is 0.343 e. The minimum atomic E-state index is 0.376. The highest BCUT2D eigenvalue weighted by Gasteiger charge is 2.29. The number of carbonyl (C=O) groups excluding carboxylic acids is 1. The number of hydrogen-bond acceptors (Lipinski definition) is 2. The summed E-state index contributed by atoms with van der Waals surface area (Å²) in [5, 5.41) is 3.61. The molecule has 3 heteroatoms. The summed E-state index contributed by atoms with van der Waals surface area (Å²) in [4.78, 5) is 14.1. The molecule has 0 aromatic heterocycles. The summed E-state index contributed by atoms with van der Waals surface area (Å²) < 4.78 is 0. The fourth-order valence-electron chi connectivity index (χ4n) is 3.24. The second-order valence-corrected chi connectivity index (χ2v) is 6.35. The first kappa shape index (κ1) is 13.9. The molecule has 1 amide bonds. The van der Waals surface area contributed by atoms with Gasteiger partial charge in [-0.3, -0.25) is 4.79 Å². The van der Waals surface area contributed by atoms with Crippen molar-refractivity contribution in [3.8, 4) is 0 Å². The molecular weight excluding hydrogens is 224 g/mol. The topological polar surface area (TPSA) is 32.3 Å². The molecule has 2 fully saturated rings. The van der Waals surface area contributed by atoms with Gasteiger partial charge in [0.2, 0.25) is 5.91 Å². The van der Waals surface area contributed by atoms with E-state index in [0.29, 0.717) is 11.8 Å². The summed E-state index contributed by atoms with van der Waals surface area (Å²) in [5.41, 5.74) is 0. The molecule has 0 aromatic carbocycles. The second kappa shape index (κ2) is 6.55. The van der Waals surface area contributed by atoms with Crippen molar-refractivity contribution >= 4 is 5.91 Å². The lowest BCUT2D eigenvalue weighted by molar-refractivity contribution is -0.133. The number of likely N-dealkylation sites (tertiary alicyclic amines) is 1. The number of piperidine rings is 1. The van der Waals surface area contributed by atoms with Crippen molar-refractivity contribution in [2.24, 2.45) is 11.8 Å². The minimum absolute atomic E-state index is 0.376. The van der Waals surface area contributed by atoms with E-state index in [1.807, 2.05) is 0 Å². The van der Waals surface area contributed by atoms with E-state index in [1.165, 1.54) is 32.2 Å². The van der Waals surface area contributed by atoms with Gasteiger partial charge in [0, 0.05) is 25.6 Å². The Morgan fingerprint density at radius 2 is 2.00 bits per heavy atom. The number of nitrogens with zero attached hydrogens (tertiary/aromatic N) is 1. The van der Waals surface area contributed by atoms with Crippen molar-refractivity contribution in [2.45, 2.75) is 58.4 Å². The highest BCUT2D eigenvalue weighted by Crippen LogP contribution is 2.26. The van der Waals surface area contributed by atoms with Crippen LogP contribution >= 0.6 is 0 Å². The number of carbonyl (C=O) groups is 1. The third-order valence-corrected chi connectivity index (χ3v) is 4.50. The van der Waals surface area contributed by atoms with E-state index in [4.69, 9.17) is 0 Å². The molecule has 0 saturated carbocycles. The molecule has 0 bridgehead atoms. The molecule has 2 rings (SSSR count). The quantitative estimate of drug-likeness (QED) is 0.833. The van der Waals surface area contributed by atoms with Gasteiger partial charge in [-0.05, 0) is 50.5 Å². The van der Waals surface area contributed by atoms with Gasteiger partial charge in [0.05, 0.1) is 0 Å². The van der Waals surface area contributed by atoms with Gasteiger partial charge in [-0.2, -0.15) is 0 Å². The van der Waals surface area contributed by atoms with Gasteiger partial charge >= 0.3 is 0 Å². The molecule has 1 N–H and O–H groups in total. The molecule has 104 valence electrons. The fourth-order valence-corrected chi connectivity index (χ4v) is 3.24. The highest BCUT2D eigenvalue weighted by atomic mass is 16.2. The van der Waals surface area contributed by atoms with Gasteiger partial charge in [-0.15, -0.1) is 0 Å². The zero-order chi connectivity index (χ0) is 13.0. The van der Waals surface area contributed by atoms with Crippen LogP contribution in [0.3, 0.4) is 0 Å². The van der Waals surface area contributed by atoms with Crippen molar-refractivity contribution in [1.29, 1.82) is 0 Å². The molecule has 2 aliphatic heterocycles. The molecule has 2 saturated heterocycles. The Morgan fingerprint density at radius 1 is 1.28 bits per heavy atom. The number of nitrogens with one attached hydrogen (secondary N) is 1. The molecule has 2 heterocycles. The van der Waals surface area contributed by atoms with Gasteiger partial charge < -0.3 is 10.2 Å². The van der Waals surface area contributed by atoms with E-state index in [-0.39, 0.29) is 0 Å². The van der Waals surface area contributed by atoms with Crippen LogP contribution in [0.4, 0.5) is 0 Å². The first-order chi connectivity index (χ1) is 8.66. The Kier molecular flexibility index (Phi) is 5.04. The maximum Gasteiger partial charge on any atom is 0.222 e. The second-order valence-electron chi connectivity index (χ2n) is 6.35. The zero-order valence-electron chi connectivity index (χ0n) is 12.0. The van der Waals surface area contributed by atoms with Crippen LogP contribution in [0.25, 0.3) is 0 Å². The Bertz CT molecular complexity index is 264. The van der Waals surface area contributed by atoms with E-state index in [9.17, 15) is 4.79 Å². The molecule has 0 aliphatic carbocycles. The van der Waals surface area contributed by atoms with E-state index >= 15 is 0 Å². The maximum absolute atomic E-state index is 12.0. The van der Waals surface area contributed by atoms with Gasteiger partial charge in [0.25, 0.3) is 0 Å². The molecule has 2 aliphatic rings. The van der Waals surface area contributed by atoms with E-state index in [1.54, 1.807) is 0 Å².